The van der Waals surface area contributed by atoms with Gasteiger partial charge in [-0.05, 0) is 54.5 Å². The number of amides is 3. The molecule has 3 amide bonds. The predicted octanol–water partition coefficient (Wildman–Crippen LogP) is 2.23. The molecule has 0 unspecified atom stereocenters. The molecule has 1 spiro atoms. The van der Waals surface area contributed by atoms with E-state index in [-0.39, 0.29) is 29.7 Å². The first-order valence-corrected chi connectivity index (χ1v) is 11.7. The van der Waals surface area contributed by atoms with Crippen LogP contribution in [-0.2, 0) is 39.2 Å². The average molecular weight is 449 g/mol. The molecule has 0 atom stereocenters. The number of carbonyl (C=O) groups excluding carboxylic acids is 3. The van der Waals surface area contributed by atoms with Crippen LogP contribution in [0.15, 0.2) is 42.6 Å². The number of rotatable bonds is 5. The fraction of sp³-hybridized carbons (Fsp3) is 0.462. The SMILES string of the molecule is CC(=O)NC(=O)Cc1cc(CCN2CCC3(CC2)c2ccccc2CCN3C(C)=O)ccn1. The highest BCUT2D eigenvalue weighted by atomic mass is 16.2. The third kappa shape index (κ3) is 5.14. The average Bonchev–Trinajstić information content (AvgIpc) is 2.78. The topological polar surface area (TPSA) is 82.6 Å². The molecule has 4 rings (SSSR count). The van der Waals surface area contributed by atoms with Gasteiger partial charge in [0.1, 0.15) is 0 Å². The second-order valence-electron chi connectivity index (χ2n) is 9.14. The third-order valence-electron chi connectivity index (χ3n) is 6.96. The first-order valence-electron chi connectivity index (χ1n) is 11.7. The lowest BCUT2D eigenvalue weighted by Gasteiger charge is -2.52. The van der Waals surface area contributed by atoms with Crippen LogP contribution < -0.4 is 5.32 Å². The van der Waals surface area contributed by atoms with Gasteiger partial charge in [-0.15, -0.1) is 0 Å². The summed E-state index contributed by atoms with van der Waals surface area (Å²) in [4.78, 5) is 44.2. The van der Waals surface area contributed by atoms with Crippen molar-refractivity contribution in [3.05, 3.63) is 65.0 Å². The van der Waals surface area contributed by atoms with Crippen molar-refractivity contribution in [2.24, 2.45) is 0 Å². The number of likely N-dealkylation sites (tertiary alicyclic amines) is 1. The molecule has 33 heavy (non-hydrogen) atoms. The Kier molecular flexibility index (Phi) is 6.88. The molecule has 0 aliphatic carbocycles. The number of piperidine rings is 1. The van der Waals surface area contributed by atoms with Gasteiger partial charge < -0.3 is 9.80 Å². The summed E-state index contributed by atoms with van der Waals surface area (Å²) in [5.41, 5.74) is 4.31. The van der Waals surface area contributed by atoms with Crippen molar-refractivity contribution in [3.63, 3.8) is 0 Å². The van der Waals surface area contributed by atoms with Gasteiger partial charge in [0.15, 0.2) is 0 Å². The Labute approximate surface area is 195 Å². The van der Waals surface area contributed by atoms with Gasteiger partial charge in [-0.25, -0.2) is 0 Å². The predicted molar refractivity (Wildman–Crippen MR) is 125 cm³/mol. The van der Waals surface area contributed by atoms with Crippen LogP contribution in [-0.4, -0.2) is 58.7 Å². The van der Waals surface area contributed by atoms with Gasteiger partial charge in [-0.1, -0.05) is 24.3 Å². The zero-order valence-electron chi connectivity index (χ0n) is 19.5. The molecule has 0 saturated carbocycles. The summed E-state index contributed by atoms with van der Waals surface area (Å²) in [6, 6.07) is 12.5. The molecule has 3 heterocycles. The molecular formula is C26H32N4O3. The molecule has 2 aliphatic rings. The molecule has 1 aromatic carbocycles. The number of nitrogens with one attached hydrogen (secondary N) is 1. The Bertz CT molecular complexity index is 1040. The van der Waals surface area contributed by atoms with Gasteiger partial charge in [0, 0.05) is 51.9 Å². The molecule has 7 heteroatoms. The largest absolute Gasteiger partial charge is 0.333 e. The Hall–Kier alpha value is -3.06. The third-order valence-corrected chi connectivity index (χ3v) is 6.96. The van der Waals surface area contributed by atoms with E-state index < -0.39 is 0 Å². The number of carbonyl (C=O) groups is 3. The summed E-state index contributed by atoms with van der Waals surface area (Å²) in [5, 5.41) is 2.29. The van der Waals surface area contributed by atoms with Crippen LogP contribution >= 0.6 is 0 Å². The Morgan fingerprint density at radius 1 is 1.06 bits per heavy atom. The summed E-state index contributed by atoms with van der Waals surface area (Å²) in [5.74, 6) is -0.532. The van der Waals surface area contributed by atoms with Gasteiger partial charge >= 0.3 is 0 Å². The van der Waals surface area contributed by atoms with E-state index in [2.05, 4.69) is 44.4 Å². The van der Waals surface area contributed by atoms with Crippen LogP contribution in [0, 0.1) is 0 Å². The standard InChI is InChI=1S/C26H32N4O3/c1-19(31)28-25(33)18-23-17-21(7-12-27-23)8-13-29-15-10-26(11-16-29)24-6-4-3-5-22(24)9-14-30(26)20(2)32/h3-7,12,17H,8-11,13-16,18H2,1-2H3,(H,28,31,33). The number of pyridine rings is 1. The number of hydrogen-bond acceptors (Lipinski definition) is 5. The number of hydrogen-bond donors (Lipinski definition) is 1. The zero-order valence-corrected chi connectivity index (χ0v) is 19.5. The van der Waals surface area contributed by atoms with Crippen molar-refractivity contribution in [2.75, 3.05) is 26.2 Å². The number of fused-ring (bicyclic) bond motifs is 2. The van der Waals surface area contributed by atoms with Crippen molar-refractivity contribution in [1.29, 1.82) is 0 Å². The number of nitrogens with zero attached hydrogens (tertiary/aromatic N) is 3. The lowest BCUT2D eigenvalue weighted by molar-refractivity contribution is -0.139. The monoisotopic (exact) mass is 448 g/mol. The van der Waals surface area contributed by atoms with E-state index in [0.717, 1.165) is 57.4 Å². The highest BCUT2D eigenvalue weighted by molar-refractivity contribution is 5.94. The van der Waals surface area contributed by atoms with Gasteiger partial charge in [-0.2, -0.15) is 0 Å². The van der Waals surface area contributed by atoms with Crippen LogP contribution in [0.5, 0.6) is 0 Å². The maximum Gasteiger partial charge on any atom is 0.232 e. The maximum absolute atomic E-state index is 12.5. The molecule has 1 N–H and O–H groups in total. The van der Waals surface area contributed by atoms with Crippen molar-refractivity contribution in [3.8, 4) is 0 Å². The van der Waals surface area contributed by atoms with Crippen molar-refractivity contribution in [2.45, 2.75) is 51.5 Å². The Morgan fingerprint density at radius 3 is 2.55 bits per heavy atom. The van der Waals surface area contributed by atoms with Gasteiger partial charge in [0.05, 0.1) is 12.0 Å². The Morgan fingerprint density at radius 2 is 1.82 bits per heavy atom. The quantitative estimate of drug-likeness (QED) is 0.759. The molecule has 0 radical (unpaired) electrons. The van der Waals surface area contributed by atoms with E-state index in [9.17, 15) is 14.4 Å². The maximum atomic E-state index is 12.5. The number of imide groups is 1. The van der Waals surface area contributed by atoms with Gasteiger partial charge in [-0.3, -0.25) is 24.7 Å². The molecular weight excluding hydrogens is 416 g/mol. The fourth-order valence-electron chi connectivity index (χ4n) is 5.40. The molecule has 2 aromatic rings. The zero-order chi connectivity index (χ0) is 23.4. The summed E-state index contributed by atoms with van der Waals surface area (Å²) in [7, 11) is 0. The molecule has 1 aromatic heterocycles. The van der Waals surface area contributed by atoms with Gasteiger partial charge in [0.25, 0.3) is 0 Å². The molecule has 1 fully saturated rings. The van der Waals surface area contributed by atoms with Gasteiger partial charge in [0.2, 0.25) is 17.7 Å². The minimum atomic E-state index is -0.358. The second-order valence-corrected chi connectivity index (χ2v) is 9.14. The van der Waals surface area contributed by atoms with Crippen molar-refractivity contribution in [1.82, 2.24) is 20.1 Å². The lowest BCUT2D eigenvalue weighted by Crippen LogP contribution is -2.57. The van der Waals surface area contributed by atoms with E-state index in [1.807, 2.05) is 12.1 Å². The van der Waals surface area contributed by atoms with E-state index >= 15 is 0 Å². The van der Waals surface area contributed by atoms with Crippen LogP contribution in [0.3, 0.4) is 0 Å². The van der Waals surface area contributed by atoms with Crippen LogP contribution in [0.1, 0.15) is 49.1 Å². The van der Waals surface area contributed by atoms with Crippen LogP contribution in [0.25, 0.3) is 0 Å². The summed E-state index contributed by atoms with van der Waals surface area (Å²) >= 11 is 0. The molecule has 7 nitrogen and oxygen atoms in total. The van der Waals surface area contributed by atoms with E-state index in [1.165, 1.54) is 18.1 Å². The Balaban J connectivity index is 1.38. The minimum Gasteiger partial charge on any atom is -0.333 e. The highest BCUT2D eigenvalue weighted by Gasteiger charge is 2.45. The first kappa shape index (κ1) is 23.1. The smallest absolute Gasteiger partial charge is 0.232 e. The van der Waals surface area contributed by atoms with E-state index in [0.29, 0.717) is 5.69 Å². The lowest BCUT2D eigenvalue weighted by atomic mass is 9.74. The molecule has 2 aliphatic heterocycles. The van der Waals surface area contributed by atoms with E-state index in [1.54, 1.807) is 13.1 Å². The van der Waals surface area contributed by atoms with Crippen molar-refractivity contribution < 1.29 is 14.4 Å². The normalized spacial score (nSPS) is 17.5. The number of aromatic nitrogens is 1. The van der Waals surface area contributed by atoms with Crippen LogP contribution in [0.2, 0.25) is 0 Å². The molecule has 0 bridgehead atoms. The summed E-state index contributed by atoms with van der Waals surface area (Å²) in [6.07, 6.45) is 5.49. The van der Waals surface area contributed by atoms with Crippen molar-refractivity contribution >= 4 is 17.7 Å². The highest BCUT2D eigenvalue weighted by Crippen LogP contribution is 2.43. The summed E-state index contributed by atoms with van der Waals surface area (Å²) in [6.45, 7) is 6.62. The second kappa shape index (κ2) is 9.83. The van der Waals surface area contributed by atoms with Crippen LogP contribution in [0.4, 0.5) is 0 Å². The summed E-state index contributed by atoms with van der Waals surface area (Å²) < 4.78 is 0. The van der Waals surface area contributed by atoms with E-state index in [4.69, 9.17) is 0 Å². The number of benzene rings is 1. The fourth-order valence-corrected chi connectivity index (χ4v) is 5.40. The first-order chi connectivity index (χ1) is 15.9. The molecule has 174 valence electrons. The molecule has 1 saturated heterocycles. The minimum absolute atomic E-state index is 0.0972.